The predicted molar refractivity (Wildman–Crippen MR) is 282 cm³/mol. The third-order valence-corrected chi connectivity index (χ3v) is 11.8. The summed E-state index contributed by atoms with van der Waals surface area (Å²) in [5.74, 6) is 0. The molecule has 2 nitrogen and oxygen atoms in total. The summed E-state index contributed by atoms with van der Waals surface area (Å²) in [5.41, 5.74) is 31.6. The van der Waals surface area contributed by atoms with Gasteiger partial charge in [0.25, 0.3) is 0 Å². The predicted octanol–water partition coefficient (Wildman–Crippen LogP) is 16.4. The molecule has 0 heterocycles. The van der Waals surface area contributed by atoms with Crippen LogP contribution in [0.3, 0.4) is 0 Å². The van der Waals surface area contributed by atoms with Crippen LogP contribution in [0.15, 0.2) is 242 Å². The monoisotopic (exact) mass is 844 g/mol. The van der Waals surface area contributed by atoms with Crippen molar-refractivity contribution in [1.29, 1.82) is 0 Å². The molecule has 0 saturated heterocycles. The van der Waals surface area contributed by atoms with Crippen LogP contribution in [-0.2, 0) is 12.8 Å². The minimum atomic E-state index is 0.850. The molecule has 4 N–H and O–H groups in total. The number of nitrogens with two attached hydrogens (primary N) is 2. The van der Waals surface area contributed by atoms with Crippen molar-refractivity contribution >= 4 is 16.5 Å². The fraction of sp³-hybridized carbons (Fsp3) is 0.111. The maximum atomic E-state index is 6.09. The number of anilines is 1. The van der Waals surface area contributed by atoms with E-state index in [1.807, 2.05) is 50.3 Å². The van der Waals surface area contributed by atoms with Crippen LogP contribution in [0.25, 0.3) is 55.3 Å². The zero-order valence-electron chi connectivity index (χ0n) is 38.2. The zero-order chi connectivity index (χ0) is 45.4. The number of nitrogen functional groups attached to an aromatic ring is 1. The summed E-state index contributed by atoms with van der Waals surface area (Å²) >= 11 is 0. The summed E-state index contributed by atoms with van der Waals surface area (Å²) in [6.07, 6.45) is 6.90. The van der Waals surface area contributed by atoms with Crippen LogP contribution in [0.2, 0.25) is 0 Å². The van der Waals surface area contributed by atoms with Gasteiger partial charge in [-0.3, -0.25) is 0 Å². The molecule has 65 heavy (non-hydrogen) atoms. The van der Waals surface area contributed by atoms with Crippen LogP contribution in [0.4, 0.5) is 5.69 Å². The molecule has 0 amide bonds. The van der Waals surface area contributed by atoms with E-state index in [2.05, 4.69) is 208 Å². The maximum absolute atomic E-state index is 6.09. The third-order valence-electron chi connectivity index (χ3n) is 11.8. The van der Waals surface area contributed by atoms with Crippen LogP contribution in [0, 0.1) is 13.8 Å². The molecule has 1 aliphatic rings. The number of para-hydroxylation sites is 1. The van der Waals surface area contributed by atoms with Gasteiger partial charge in [-0.1, -0.05) is 232 Å². The van der Waals surface area contributed by atoms with E-state index in [-0.39, 0.29) is 0 Å². The van der Waals surface area contributed by atoms with Crippen molar-refractivity contribution in [3.05, 3.63) is 270 Å². The molecule has 10 rings (SSSR count). The van der Waals surface area contributed by atoms with E-state index >= 15 is 0 Å². The largest absolute Gasteiger partial charge is 0.399 e. The van der Waals surface area contributed by atoms with Crippen molar-refractivity contribution in [3.8, 4) is 44.5 Å². The van der Waals surface area contributed by atoms with Crippen LogP contribution in [0.1, 0.15) is 48.1 Å². The molecule has 0 radical (unpaired) electrons. The summed E-state index contributed by atoms with van der Waals surface area (Å²) in [6.45, 7) is 8.31. The number of rotatable bonds is 8. The normalized spacial score (nSPS) is 11.4. The van der Waals surface area contributed by atoms with Gasteiger partial charge in [0.05, 0.1) is 0 Å². The molecule has 0 bridgehead atoms. The molecule has 9 aromatic carbocycles. The molecule has 2 heteroatoms. The molecule has 0 aliphatic heterocycles. The number of hydrogen-bond acceptors (Lipinski definition) is 2. The van der Waals surface area contributed by atoms with E-state index in [1.54, 1.807) is 0 Å². The highest BCUT2D eigenvalue weighted by molar-refractivity contribution is 5.88. The van der Waals surface area contributed by atoms with E-state index < -0.39 is 0 Å². The summed E-state index contributed by atoms with van der Waals surface area (Å²) in [5, 5.41) is 2.75. The van der Waals surface area contributed by atoms with Crippen LogP contribution in [-0.4, -0.2) is 0 Å². The average molecular weight is 845 g/mol. The Balaban J connectivity index is 0.000000151. The minimum absolute atomic E-state index is 0.850. The summed E-state index contributed by atoms with van der Waals surface area (Å²) in [4.78, 5) is 0. The van der Waals surface area contributed by atoms with Crippen molar-refractivity contribution in [2.75, 3.05) is 5.73 Å². The Labute approximate surface area is 387 Å². The van der Waals surface area contributed by atoms with Gasteiger partial charge in [0.2, 0.25) is 0 Å². The lowest BCUT2D eigenvalue weighted by atomic mass is 9.97. The van der Waals surface area contributed by atoms with Crippen molar-refractivity contribution in [2.45, 2.75) is 47.0 Å². The minimum Gasteiger partial charge on any atom is -0.399 e. The van der Waals surface area contributed by atoms with Gasteiger partial charge in [-0.2, -0.15) is 0 Å². The topological polar surface area (TPSA) is 52.0 Å². The second kappa shape index (κ2) is 22.6. The number of hydrogen-bond donors (Lipinski definition) is 2. The van der Waals surface area contributed by atoms with Crippen LogP contribution >= 0.6 is 0 Å². The first kappa shape index (κ1) is 45.3. The molecule has 0 atom stereocenters. The molecule has 0 aromatic heterocycles. The molecular weight excluding hydrogens is 785 g/mol. The van der Waals surface area contributed by atoms with Gasteiger partial charge in [-0.15, -0.1) is 0 Å². The van der Waals surface area contributed by atoms with E-state index in [9.17, 15) is 0 Å². The van der Waals surface area contributed by atoms with Gasteiger partial charge in [0.1, 0.15) is 0 Å². The van der Waals surface area contributed by atoms with Gasteiger partial charge in [-0.05, 0) is 134 Å². The number of benzene rings is 9. The fourth-order valence-corrected chi connectivity index (χ4v) is 8.19. The first-order valence-corrected chi connectivity index (χ1v) is 22.8. The highest BCUT2D eigenvalue weighted by Gasteiger charge is 2.09. The molecular formula is C63H60N2. The third kappa shape index (κ3) is 12.1. The Bertz CT molecular complexity index is 2940. The van der Waals surface area contributed by atoms with Gasteiger partial charge >= 0.3 is 0 Å². The Morgan fingerprint density at radius 1 is 0.369 bits per heavy atom. The molecule has 9 aromatic rings. The lowest BCUT2D eigenvalue weighted by Gasteiger charge is -2.09. The molecule has 0 spiro atoms. The Morgan fingerprint density at radius 3 is 1.20 bits per heavy atom. The summed E-state index contributed by atoms with van der Waals surface area (Å²) in [7, 11) is 0. The van der Waals surface area contributed by atoms with Gasteiger partial charge in [0.15, 0.2) is 0 Å². The van der Waals surface area contributed by atoms with Crippen LogP contribution in [0.5, 0.6) is 0 Å². The van der Waals surface area contributed by atoms with E-state index in [4.69, 9.17) is 11.5 Å². The number of fused-ring (bicyclic) bond motifs is 1. The molecule has 322 valence electrons. The van der Waals surface area contributed by atoms with E-state index in [0.717, 1.165) is 30.6 Å². The second-order valence-electron chi connectivity index (χ2n) is 16.3. The average Bonchev–Trinajstić information content (AvgIpc) is 3.78. The number of allylic oxidation sites excluding steroid dienone is 3. The summed E-state index contributed by atoms with van der Waals surface area (Å²) in [6, 6.07) is 76.9. The zero-order valence-corrected chi connectivity index (χ0v) is 38.2. The highest BCUT2D eigenvalue weighted by atomic mass is 14.6. The molecule has 0 saturated carbocycles. The fourth-order valence-electron chi connectivity index (χ4n) is 8.19. The maximum Gasteiger partial charge on any atom is 0.0349 e. The quantitative estimate of drug-likeness (QED) is 0.150. The standard InChI is InChI=1S/C25H21N.C24H21N.C12H12.C2H6/c26-25-12-5-4-10-24(25)18-19-7-6-11-23(17-19)22-15-13-21(14-16-22)20-8-2-1-3-9-20;25-24-11-5-10-23(24)17-18-6-4-9-22(16-18)21-14-12-20(13-15-21)19-7-2-1-3-8-19;1-9-7-8-10(2)12-6-4-3-5-11(9)12;1-2/h1-17H,18,26H2;1-9,11-16H,10,17,25H2;3-8H,1-2H3;1-2H3. The second-order valence-corrected chi connectivity index (χ2v) is 16.3. The van der Waals surface area contributed by atoms with Crippen LogP contribution < -0.4 is 11.5 Å². The SMILES string of the molecule is CC.Cc1ccc(C)c2ccccc12.NC1=C(Cc2cccc(-c3ccc(-c4ccccc4)cc3)c2)CC=C1.Nc1ccccc1Cc1cccc(-c2ccc(-c3ccccc3)cc2)c1. The molecule has 0 unspecified atom stereocenters. The van der Waals surface area contributed by atoms with E-state index in [0.29, 0.717) is 0 Å². The first-order chi connectivity index (χ1) is 31.9. The Morgan fingerprint density at radius 2 is 0.754 bits per heavy atom. The Hall–Kier alpha value is -7.68. The van der Waals surface area contributed by atoms with Crippen molar-refractivity contribution in [2.24, 2.45) is 5.73 Å². The van der Waals surface area contributed by atoms with Crippen molar-refractivity contribution < 1.29 is 0 Å². The van der Waals surface area contributed by atoms with Crippen molar-refractivity contribution in [3.63, 3.8) is 0 Å². The van der Waals surface area contributed by atoms with Gasteiger partial charge in [0, 0.05) is 11.4 Å². The van der Waals surface area contributed by atoms with Gasteiger partial charge in [-0.25, -0.2) is 0 Å². The van der Waals surface area contributed by atoms with E-state index in [1.165, 1.54) is 88.7 Å². The Kier molecular flexibility index (Phi) is 15.8. The molecule has 0 fully saturated rings. The number of aryl methyl sites for hydroxylation is 2. The molecule has 1 aliphatic carbocycles. The van der Waals surface area contributed by atoms with Gasteiger partial charge < -0.3 is 11.5 Å². The summed E-state index contributed by atoms with van der Waals surface area (Å²) < 4.78 is 0. The van der Waals surface area contributed by atoms with Crippen molar-refractivity contribution in [1.82, 2.24) is 0 Å². The lowest BCUT2D eigenvalue weighted by Crippen LogP contribution is -1.98. The lowest BCUT2D eigenvalue weighted by molar-refractivity contribution is 1.06. The first-order valence-electron chi connectivity index (χ1n) is 22.8. The smallest absolute Gasteiger partial charge is 0.0349 e. The highest BCUT2D eigenvalue weighted by Crippen LogP contribution is 2.29.